The van der Waals surface area contributed by atoms with E-state index < -0.39 is 11.4 Å². The lowest BCUT2D eigenvalue weighted by Gasteiger charge is -2.16. The average molecular weight is 168 g/mol. The third-order valence-electron chi connectivity index (χ3n) is 2.04. The Kier molecular flexibility index (Phi) is 2.66. The summed E-state index contributed by atoms with van der Waals surface area (Å²) >= 11 is 0. The smallest absolute Gasteiger partial charge is 0.327 e. The van der Waals surface area contributed by atoms with E-state index in [-0.39, 0.29) is 0 Å². The standard InChI is InChI=1S/C8H12N2O2/c1-2-12-7(11)8(5-9)3-4-10-6-8/h10H,2-4,6H2,1H3. The van der Waals surface area contributed by atoms with Gasteiger partial charge in [0.2, 0.25) is 0 Å². The molecule has 0 spiro atoms. The number of carbonyl (C=O) groups excluding carboxylic acids is 1. The van der Waals surface area contributed by atoms with Crippen molar-refractivity contribution in [3.05, 3.63) is 0 Å². The second-order valence-electron chi connectivity index (χ2n) is 2.84. The molecule has 0 bridgehead atoms. The zero-order chi connectivity index (χ0) is 9.03. The summed E-state index contributed by atoms with van der Waals surface area (Å²) in [7, 11) is 0. The SMILES string of the molecule is CCOC(=O)C1(C#N)CCNC1. The molecule has 1 rings (SSSR count). The van der Waals surface area contributed by atoms with Crippen LogP contribution in [0, 0.1) is 16.7 Å². The molecule has 4 heteroatoms. The van der Waals surface area contributed by atoms with E-state index >= 15 is 0 Å². The van der Waals surface area contributed by atoms with Gasteiger partial charge in [0, 0.05) is 6.54 Å². The maximum absolute atomic E-state index is 11.3. The maximum atomic E-state index is 11.3. The Hall–Kier alpha value is -1.08. The largest absolute Gasteiger partial charge is 0.465 e. The quantitative estimate of drug-likeness (QED) is 0.592. The molecule has 0 radical (unpaired) electrons. The summed E-state index contributed by atoms with van der Waals surface area (Å²) in [6.45, 7) is 3.21. The molecule has 4 nitrogen and oxygen atoms in total. The third kappa shape index (κ3) is 1.41. The molecule has 1 unspecified atom stereocenters. The predicted molar refractivity (Wildman–Crippen MR) is 42.2 cm³/mol. The van der Waals surface area contributed by atoms with Gasteiger partial charge < -0.3 is 10.1 Å². The molecule has 12 heavy (non-hydrogen) atoms. The minimum Gasteiger partial charge on any atom is -0.465 e. The molecular weight excluding hydrogens is 156 g/mol. The van der Waals surface area contributed by atoms with Gasteiger partial charge >= 0.3 is 5.97 Å². The van der Waals surface area contributed by atoms with Gasteiger partial charge in [-0.25, -0.2) is 0 Å². The first-order chi connectivity index (χ1) is 5.75. The van der Waals surface area contributed by atoms with Crippen LogP contribution < -0.4 is 5.32 Å². The molecule has 1 heterocycles. The summed E-state index contributed by atoms with van der Waals surface area (Å²) in [6, 6.07) is 2.02. The second kappa shape index (κ2) is 3.55. The number of carbonyl (C=O) groups is 1. The molecule has 0 aliphatic carbocycles. The first-order valence-electron chi connectivity index (χ1n) is 4.04. The number of esters is 1. The van der Waals surface area contributed by atoms with Crippen LogP contribution in [0.15, 0.2) is 0 Å². The Bertz CT molecular complexity index is 214. The molecule has 1 fully saturated rings. The number of nitriles is 1. The van der Waals surface area contributed by atoms with Crippen LogP contribution in [-0.4, -0.2) is 25.7 Å². The van der Waals surface area contributed by atoms with Crippen LogP contribution in [0.3, 0.4) is 0 Å². The molecule has 0 amide bonds. The minimum atomic E-state index is -0.921. The number of rotatable bonds is 2. The van der Waals surface area contributed by atoms with Crippen LogP contribution in [0.5, 0.6) is 0 Å². The van der Waals surface area contributed by atoms with Crippen molar-refractivity contribution in [1.82, 2.24) is 5.32 Å². The summed E-state index contributed by atoms with van der Waals surface area (Å²) in [5.41, 5.74) is -0.921. The highest BCUT2D eigenvalue weighted by Gasteiger charge is 2.43. The minimum absolute atomic E-state index is 0.336. The molecular formula is C8H12N2O2. The van der Waals surface area contributed by atoms with E-state index in [1.165, 1.54) is 0 Å². The van der Waals surface area contributed by atoms with Crippen LogP contribution in [0.25, 0.3) is 0 Å². The predicted octanol–water partition coefficient (Wildman–Crippen LogP) is 0.0528. The first-order valence-corrected chi connectivity index (χ1v) is 4.04. The van der Waals surface area contributed by atoms with Crippen molar-refractivity contribution < 1.29 is 9.53 Å². The highest BCUT2D eigenvalue weighted by atomic mass is 16.5. The van der Waals surface area contributed by atoms with Crippen molar-refractivity contribution in [2.45, 2.75) is 13.3 Å². The van der Waals surface area contributed by atoms with Gasteiger partial charge in [-0.15, -0.1) is 0 Å². The van der Waals surface area contributed by atoms with Crippen LogP contribution >= 0.6 is 0 Å². The zero-order valence-corrected chi connectivity index (χ0v) is 7.09. The average Bonchev–Trinajstić information content (AvgIpc) is 2.54. The summed E-state index contributed by atoms with van der Waals surface area (Å²) in [4.78, 5) is 11.3. The van der Waals surface area contributed by atoms with Gasteiger partial charge in [-0.1, -0.05) is 0 Å². The monoisotopic (exact) mass is 168 g/mol. The molecule has 0 aromatic carbocycles. The van der Waals surface area contributed by atoms with E-state index in [0.29, 0.717) is 26.1 Å². The highest BCUT2D eigenvalue weighted by molar-refractivity contribution is 5.80. The van der Waals surface area contributed by atoms with Crippen molar-refractivity contribution in [3.8, 4) is 6.07 Å². The van der Waals surface area contributed by atoms with Gasteiger partial charge in [0.15, 0.2) is 5.41 Å². The van der Waals surface area contributed by atoms with Crippen molar-refractivity contribution in [2.75, 3.05) is 19.7 Å². The molecule has 0 aromatic rings. The third-order valence-corrected chi connectivity index (χ3v) is 2.04. The van der Waals surface area contributed by atoms with E-state index in [1.54, 1.807) is 6.92 Å². The number of hydrogen-bond donors (Lipinski definition) is 1. The summed E-state index contributed by atoms with van der Waals surface area (Å²) in [5.74, 6) is -0.391. The van der Waals surface area contributed by atoms with E-state index in [4.69, 9.17) is 10.00 Å². The number of nitrogens with one attached hydrogen (secondary N) is 1. The van der Waals surface area contributed by atoms with E-state index in [1.807, 2.05) is 6.07 Å². The van der Waals surface area contributed by atoms with Crippen molar-refractivity contribution in [1.29, 1.82) is 5.26 Å². The molecule has 0 aromatic heterocycles. The van der Waals surface area contributed by atoms with Gasteiger partial charge in [0.25, 0.3) is 0 Å². The lowest BCUT2D eigenvalue weighted by Crippen LogP contribution is -2.33. The number of hydrogen-bond acceptors (Lipinski definition) is 4. The molecule has 0 saturated carbocycles. The van der Waals surface area contributed by atoms with Crippen LogP contribution in [0.1, 0.15) is 13.3 Å². The molecule has 1 aliphatic rings. The lowest BCUT2D eigenvalue weighted by molar-refractivity contribution is -0.150. The second-order valence-corrected chi connectivity index (χ2v) is 2.84. The molecule has 1 aliphatic heterocycles. The van der Waals surface area contributed by atoms with Crippen molar-refractivity contribution >= 4 is 5.97 Å². The fourth-order valence-corrected chi connectivity index (χ4v) is 1.28. The lowest BCUT2D eigenvalue weighted by atomic mass is 9.89. The molecule has 66 valence electrons. The van der Waals surface area contributed by atoms with Gasteiger partial charge in [-0.3, -0.25) is 4.79 Å². The number of ether oxygens (including phenoxy) is 1. The Morgan fingerprint density at radius 1 is 1.83 bits per heavy atom. The Balaban J connectivity index is 2.67. The zero-order valence-electron chi connectivity index (χ0n) is 7.09. The maximum Gasteiger partial charge on any atom is 0.327 e. The normalized spacial score (nSPS) is 28.0. The van der Waals surface area contributed by atoms with Crippen LogP contribution in [0.4, 0.5) is 0 Å². The summed E-state index contributed by atoms with van der Waals surface area (Å²) in [5, 5.41) is 11.8. The van der Waals surface area contributed by atoms with Gasteiger partial charge in [-0.05, 0) is 19.9 Å². The molecule has 1 N–H and O–H groups in total. The fourth-order valence-electron chi connectivity index (χ4n) is 1.28. The van der Waals surface area contributed by atoms with Crippen LogP contribution in [-0.2, 0) is 9.53 Å². The molecule has 1 saturated heterocycles. The Morgan fingerprint density at radius 2 is 2.58 bits per heavy atom. The topological polar surface area (TPSA) is 62.1 Å². The summed E-state index contributed by atoms with van der Waals surface area (Å²) < 4.78 is 4.82. The van der Waals surface area contributed by atoms with Gasteiger partial charge in [-0.2, -0.15) is 5.26 Å². The van der Waals surface area contributed by atoms with E-state index in [2.05, 4.69) is 5.32 Å². The van der Waals surface area contributed by atoms with Crippen LogP contribution in [0.2, 0.25) is 0 Å². The van der Waals surface area contributed by atoms with E-state index in [9.17, 15) is 4.79 Å². The fraction of sp³-hybridized carbons (Fsp3) is 0.750. The Morgan fingerprint density at radius 3 is 3.00 bits per heavy atom. The summed E-state index contributed by atoms with van der Waals surface area (Å²) in [6.07, 6.45) is 0.558. The van der Waals surface area contributed by atoms with Crippen molar-refractivity contribution in [2.24, 2.45) is 5.41 Å². The van der Waals surface area contributed by atoms with Crippen molar-refractivity contribution in [3.63, 3.8) is 0 Å². The number of nitrogens with zero attached hydrogens (tertiary/aromatic N) is 1. The van der Waals surface area contributed by atoms with Gasteiger partial charge in [0.1, 0.15) is 0 Å². The first kappa shape index (κ1) is 9.01. The van der Waals surface area contributed by atoms with Gasteiger partial charge in [0.05, 0.1) is 12.7 Å². The Labute approximate surface area is 71.5 Å². The van der Waals surface area contributed by atoms with E-state index in [0.717, 1.165) is 0 Å². The highest BCUT2D eigenvalue weighted by Crippen LogP contribution is 2.25. The molecule has 1 atom stereocenters.